The zero-order valence-corrected chi connectivity index (χ0v) is 13.6. The first-order valence-corrected chi connectivity index (χ1v) is 8.00. The van der Waals surface area contributed by atoms with E-state index in [4.69, 9.17) is 39.1 Å². The molecule has 0 unspecified atom stereocenters. The van der Waals surface area contributed by atoms with Crippen LogP contribution >= 0.6 is 35.0 Å². The highest BCUT2D eigenvalue weighted by molar-refractivity contribution is 7.99. The van der Waals surface area contributed by atoms with Crippen molar-refractivity contribution in [3.8, 4) is 11.5 Å². The van der Waals surface area contributed by atoms with Crippen molar-refractivity contribution in [3.63, 3.8) is 0 Å². The summed E-state index contributed by atoms with van der Waals surface area (Å²) in [6.45, 7) is 2.04. The zero-order chi connectivity index (χ0) is 15.4. The minimum Gasteiger partial charge on any atom is -0.455 e. The molecule has 2 aromatic carbocycles. The van der Waals surface area contributed by atoms with Gasteiger partial charge in [-0.3, -0.25) is 5.41 Å². The monoisotopic (exact) mass is 340 g/mol. The lowest BCUT2D eigenvalue weighted by Crippen LogP contribution is -2.13. The van der Waals surface area contributed by atoms with Crippen molar-refractivity contribution in [2.24, 2.45) is 5.73 Å². The summed E-state index contributed by atoms with van der Waals surface area (Å²) in [4.78, 5) is 0.903. The number of hydrogen-bond acceptors (Lipinski definition) is 3. The minimum absolute atomic E-state index is 0.0419. The van der Waals surface area contributed by atoms with E-state index >= 15 is 0 Å². The lowest BCUT2D eigenvalue weighted by Gasteiger charge is -2.14. The number of nitrogen functional groups attached to an aromatic ring is 1. The maximum absolute atomic E-state index is 7.78. The minimum atomic E-state index is -0.0419. The summed E-state index contributed by atoms with van der Waals surface area (Å²) in [5.41, 5.74) is 6.27. The Morgan fingerprint density at radius 2 is 1.86 bits per heavy atom. The maximum Gasteiger partial charge on any atom is 0.147 e. The van der Waals surface area contributed by atoms with E-state index < -0.39 is 0 Å². The molecule has 2 aromatic rings. The van der Waals surface area contributed by atoms with Crippen molar-refractivity contribution in [1.82, 2.24) is 0 Å². The van der Waals surface area contributed by atoms with Crippen molar-refractivity contribution >= 4 is 40.8 Å². The largest absolute Gasteiger partial charge is 0.455 e. The van der Waals surface area contributed by atoms with Crippen molar-refractivity contribution in [1.29, 1.82) is 5.41 Å². The van der Waals surface area contributed by atoms with Crippen LogP contribution < -0.4 is 10.5 Å². The molecule has 0 aliphatic carbocycles. The lowest BCUT2D eigenvalue weighted by molar-refractivity contribution is 0.480. The van der Waals surface area contributed by atoms with Crippen molar-refractivity contribution in [3.05, 3.63) is 52.0 Å². The van der Waals surface area contributed by atoms with Crippen LogP contribution in [0, 0.1) is 5.41 Å². The number of rotatable bonds is 5. The van der Waals surface area contributed by atoms with Gasteiger partial charge in [-0.05, 0) is 30.0 Å². The van der Waals surface area contributed by atoms with E-state index in [1.54, 1.807) is 36.0 Å². The Kier molecular flexibility index (Phi) is 5.39. The fourth-order valence-corrected chi connectivity index (χ4v) is 2.99. The van der Waals surface area contributed by atoms with E-state index in [-0.39, 0.29) is 5.84 Å². The van der Waals surface area contributed by atoms with Crippen LogP contribution in [-0.2, 0) is 0 Å². The Morgan fingerprint density at radius 3 is 2.52 bits per heavy atom. The third kappa shape index (κ3) is 3.64. The van der Waals surface area contributed by atoms with Crippen LogP contribution in [-0.4, -0.2) is 11.6 Å². The maximum atomic E-state index is 7.78. The van der Waals surface area contributed by atoms with Gasteiger partial charge in [0, 0.05) is 4.90 Å². The molecule has 21 heavy (non-hydrogen) atoms. The SMILES string of the molecule is CCSc1cccc(Oc2cccc(Cl)c2Cl)c1C(=N)N. The van der Waals surface area contributed by atoms with Crippen molar-refractivity contribution < 1.29 is 4.74 Å². The van der Waals surface area contributed by atoms with Gasteiger partial charge in [0.15, 0.2) is 0 Å². The summed E-state index contributed by atoms with van der Waals surface area (Å²) in [6, 6.07) is 10.7. The van der Waals surface area contributed by atoms with Gasteiger partial charge in [0.1, 0.15) is 22.4 Å². The zero-order valence-electron chi connectivity index (χ0n) is 11.3. The Balaban J connectivity index is 2.46. The second kappa shape index (κ2) is 7.07. The molecule has 0 aromatic heterocycles. The first-order valence-electron chi connectivity index (χ1n) is 6.26. The summed E-state index contributed by atoms with van der Waals surface area (Å²) >= 11 is 13.7. The molecule has 0 aliphatic heterocycles. The summed E-state index contributed by atoms with van der Waals surface area (Å²) in [5, 5.41) is 8.53. The second-order valence-corrected chi connectivity index (χ2v) is 6.22. The molecule has 0 fully saturated rings. The standard InChI is InChI=1S/C15H14Cl2N2OS/c1-2-21-12-8-4-6-10(13(12)15(18)19)20-11-7-3-5-9(16)14(11)17/h3-8H,2H2,1H3,(H3,18,19). The molecule has 110 valence electrons. The molecule has 2 rings (SSSR count). The van der Waals surface area contributed by atoms with E-state index in [9.17, 15) is 0 Å². The number of nitrogens with two attached hydrogens (primary N) is 1. The molecule has 0 aliphatic rings. The summed E-state index contributed by atoms with van der Waals surface area (Å²) in [7, 11) is 0. The molecule has 0 atom stereocenters. The van der Waals surface area contributed by atoms with E-state index in [1.807, 2.05) is 19.1 Å². The molecule has 0 heterocycles. The fraction of sp³-hybridized carbons (Fsp3) is 0.133. The number of benzene rings is 2. The highest BCUT2D eigenvalue weighted by Gasteiger charge is 2.15. The highest BCUT2D eigenvalue weighted by atomic mass is 35.5. The van der Waals surface area contributed by atoms with Gasteiger partial charge >= 0.3 is 0 Å². The number of amidine groups is 1. The van der Waals surface area contributed by atoms with Crippen LogP contribution in [0.1, 0.15) is 12.5 Å². The first kappa shape index (κ1) is 16.0. The summed E-state index contributed by atoms with van der Waals surface area (Å²) in [6.07, 6.45) is 0. The molecule has 0 saturated carbocycles. The molecule has 0 spiro atoms. The van der Waals surface area contributed by atoms with E-state index in [0.717, 1.165) is 10.6 Å². The van der Waals surface area contributed by atoms with Gasteiger partial charge < -0.3 is 10.5 Å². The predicted octanol–water partition coefficient (Wildman–Crippen LogP) is 5.18. The number of hydrogen-bond donors (Lipinski definition) is 2. The number of nitrogens with one attached hydrogen (secondary N) is 1. The Hall–Kier alpha value is -1.36. The van der Waals surface area contributed by atoms with Crippen LogP contribution in [0.15, 0.2) is 41.3 Å². The molecule has 0 bridgehead atoms. The molecule has 3 N–H and O–H groups in total. The third-order valence-corrected chi connectivity index (χ3v) is 4.43. The van der Waals surface area contributed by atoms with Crippen LogP contribution in [0.4, 0.5) is 0 Å². The predicted molar refractivity (Wildman–Crippen MR) is 90.4 cm³/mol. The molecular weight excluding hydrogens is 327 g/mol. The summed E-state index contributed by atoms with van der Waals surface area (Å²) < 4.78 is 5.82. The average molecular weight is 341 g/mol. The second-order valence-electron chi connectivity index (χ2n) is 4.13. The molecule has 0 amide bonds. The molecule has 3 nitrogen and oxygen atoms in total. The topological polar surface area (TPSA) is 59.1 Å². The van der Waals surface area contributed by atoms with Gasteiger partial charge in [-0.1, -0.05) is 42.3 Å². The van der Waals surface area contributed by atoms with Gasteiger partial charge in [-0.2, -0.15) is 0 Å². The highest BCUT2D eigenvalue weighted by Crippen LogP contribution is 2.37. The first-order chi connectivity index (χ1) is 10.0. The Morgan fingerprint density at radius 1 is 1.19 bits per heavy atom. The normalized spacial score (nSPS) is 10.4. The van der Waals surface area contributed by atoms with E-state index in [2.05, 4.69) is 0 Å². The Labute approximate surface area is 137 Å². The third-order valence-electron chi connectivity index (χ3n) is 2.69. The quantitative estimate of drug-likeness (QED) is 0.447. The van der Waals surface area contributed by atoms with Crippen LogP contribution in [0.2, 0.25) is 10.0 Å². The van der Waals surface area contributed by atoms with Crippen LogP contribution in [0.25, 0.3) is 0 Å². The molecular formula is C15H14Cl2N2OS. The van der Waals surface area contributed by atoms with Crippen molar-refractivity contribution in [2.45, 2.75) is 11.8 Å². The van der Waals surface area contributed by atoms with Gasteiger partial charge in [-0.15, -0.1) is 11.8 Å². The fourth-order valence-electron chi connectivity index (χ4n) is 1.82. The van der Waals surface area contributed by atoms with Crippen LogP contribution in [0.5, 0.6) is 11.5 Å². The van der Waals surface area contributed by atoms with Gasteiger partial charge in [0.05, 0.1) is 10.6 Å². The van der Waals surface area contributed by atoms with Gasteiger partial charge in [-0.25, -0.2) is 0 Å². The average Bonchev–Trinajstić information content (AvgIpc) is 2.44. The van der Waals surface area contributed by atoms with Gasteiger partial charge in [0.2, 0.25) is 0 Å². The lowest BCUT2D eigenvalue weighted by atomic mass is 10.2. The molecule has 0 radical (unpaired) electrons. The number of thioether (sulfide) groups is 1. The number of halogens is 2. The van der Waals surface area contributed by atoms with Crippen molar-refractivity contribution in [2.75, 3.05) is 5.75 Å². The molecule has 6 heteroatoms. The summed E-state index contributed by atoms with van der Waals surface area (Å²) in [5.74, 6) is 1.76. The van der Waals surface area contributed by atoms with Gasteiger partial charge in [0.25, 0.3) is 0 Å². The smallest absolute Gasteiger partial charge is 0.147 e. The molecule has 0 saturated heterocycles. The Bertz CT molecular complexity index is 677. The van der Waals surface area contributed by atoms with E-state index in [1.165, 1.54) is 0 Å². The number of ether oxygens (including phenoxy) is 1. The van der Waals surface area contributed by atoms with E-state index in [0.29, 0.717) is 27.1 Å². The van der Waals surface area contributed by atoms with Crippen LogP contribution in [0.3, 0.4) is 0 Å².